The van der Waals surface area contributed by atoms with Gasteiger partial charge in [0.2, 0.25) is 15.9 Å². The molecule has 0 atom stereocenters. The Morgan fingerprint density at radius 2 is 1.50 bits per heavy atom. The molecule has 0 heterocycles. The minimum atomic E-state index is -4.09. The molecule has 0 aromatic heterocycles. The number of nitrogens with zero attached hydrogens (tertiary/aromatic N) is 1. The molecule has 32 heavy (non-hydrogen) atoms. The first-order valence-corrected chi connectivity index (χ1v) is 11.9. The molecule has 3 aromatic carbocycles. The highest BCUT2D eigenvalue weighted by molar-refractivity contribution is 7.89. The molecule has 3 aromatic rings. The van der Waals surface area contributed by atoms with Crippen molar-refractivity contribution < 1.29 is 17.6 Å². The summed E-state index contributed by atoms with van der Waals surface area (Å²) >= 11 is 18.3. The minimum Gasteiger partial charge on any atom is -0.351 e. The van der Waals surface area contributed by atoms with Gasteiger partial charge >= 0.3 is 0 Å². The lowest BCUT2D eigenvalue weighted by Gasteiger charge is -2.23. The first-order valence-electron chi connectivity index (χ1n) is 9.36. The monoisotopic (exact) mass is 514 g/mol. The lowest BCUT2D eigenvalue weighted by atomic mass is 10.2. The van der Waals surface area contributed by atoms with Gasteiger partial charge in [-0.15, -0.1) is 0 Å². The predicted octanol–water partition coefficient (Wildman–Crippen LogP) is 5.29. The van der Waals surface area contributed by atoms with E-state index >= 15 is 0 Å². The molecule has 0 fully saturated rings. The fraction of sp³-hybridized carbons (Fsp3) is 0.136. The van der Waals surface area contributed by atoms with Crippen LogP contribution in [-0.2, 0) is 27.9 Å². The Hall–Kier alpha value is -2.16. The first kappa shape index (κ1) is 24.5. The van der Waals surface area contributed by atoms with E-state index in [-0.39, 0.29) is 28.0 Å². The number of halogens is 4. The zero-order valence-electron chi connectivity index (χ0n) is 16.6. The summed E-state index contributed by atoms with van der Waals surface area (Å²) in [6, 6.07) is 16.0. The number of carbonyl (C=O) groups excluding carboxylic acids is 1. The summed E-state index contributed by atoms with van der Waals surface area (Å²) in [4.78, 5) is 12.6. The predicted molar refractivity (Wildman–Crippen MR) is 124 cm³/mol. The van der Waals surface area contributed by atoms with E-state index in [0.717, 1.165) is 4.31 Å². The summed E-state index contributed by atoms with van der Waals surface area (Å²) in [6.07, 6.45) is 0. The number of sulfonamides is 1. The highest BCUT2D eigenvalue weighted by atomic mass is 35.5. The van der Waals surface area contributed by atoms with Crippen molar-refractivity contribution in [2.45, 2.75) is 18.0 Å². The van der Waals surface area contributed by atoms with Crippen LogP contribution in [-0.4, -0.2) is 25.2 Å². The maximum absolute atomic E-state index is 13.3. The highest BCUT2D eigenvalue weighted by Crippen LogP contribution is 2.28. The second kappa shape index (κ2) is 10.6. The van der Waals surface area contributed by atoms with Gasteiger partial charge in [-0.3, -0.25) is 4.79 Å². The van der Waals surface area contributed by atoms with Crippen LogP contribution in [0.25, 0.3) is 0 Å². The molecule has 0 aliphatic heterocycles. The maximum atomic E-state index is 13.3. The number of benzene rings is 3. The molecule has 0 saturated carbocycles. The topological polar surface area (TPSA) is 66.5 Å². The molecule has 0 radical (unpaired) electrons. The van der Waals surface area contributed by atoms with Crippen LogP contribution in [0.5, 0.6) is 0 Å². The van der Waals surface area contributed by atoms with Gasteiger partial charge in [0.15, 0.2) is 0 Å². The Morgan fingerprint density at radius 3 is 2.09 bits per heavy atom. The van der Waals surface area contributed by atoms with Crippen molar-refractivity contribution in [3.63, 3.8) is 0 Å². The standard InChI is InChI=1S/C22H18Cl3FN2O3S/c23-16-6-10-18(11-7-16)32(30,31)28(13-19-20(24)2-1-3-21(19)25)14-22(29)27-12-15-4-8-17(26)9-5-15/h1-11H,12-14H2,(H,27,29). The number of nitrogens with one attached hydrogen (secondary N) is 1. The highest BCUT2D eigenvalue weighted by Gasteiger charge is 2.28. The van der Waals surface area contributed by atoms with Crippen molar-refractivity contribution in [3.05, 3.63) is 98.7 Å². The molecule has 0 aliphatic carbocycles. The van der Waals surface area contributed by atoms with Gasteiger partial charge in [-0.25, -0.2) is 12.8 Å². The van der Waals surface area contributed by atoms with Crippen LogP contribution in [0.2, 0.25) is 15.1 Å². The Balaban J connectivity index is 1.85. The number of hydrogen-bond acceptors (Lipinski definition) is 3. The molecule has 0 aliphatic rings. The van der Waals surface area contributed by atoms with Crippen LogP contribution < -0.4 is 5.32 Å². The van der Waals surface area contributed by atoms with E-state index in [1.165, 1.54) is 48.5 Å². The number of hydrogen-bond donors (Lipinski definition) is 1. The Bertz CT molecular complexity index is 1180. The van der Waals surface area contributed by atoms with E-state index in [9.17, 15) is 17.6 Å². The molecule has 1 N–H and O–H groups in total. The van der Waals surface area contributed by atoms with E-state index < -0.39 is 28.3 Å². The van der Waals surface area contributed by atoms with Gasteiger partial charge < -0.3 is 5.32 Å². The molecular weight excluding hydrogens is 498 g/mol. The third-order valence-corrected chi connectivity index (χ3v) is 7.34. The fourth-order valence-corrected chi connectivity index (χ4v) is 4.87. The van der Waals surface area contributed by atoms with E-state index in [1.807, 2.05) is 0 Å². The Kier molecular flexibility index (Phi) is 8.14. The number of rotatable bonds is 8. The minimum absolute atomic E-state index is 0.0311. The molecule has 10 heteroatoms. The fourth-order valence-electron chi connectivity index (χ4n) is 2.86. The molecular formula is C22H18Cl3FN2O3S. The molecule has 0 saturated heterocycles. The maximum Gasteiger partial charge on any atom is 0.243 e. The van der Waals surface area contributed by atoms with Crippen LogP contribution in [0, 0.1) is 5.82 Å². The normalized spacial score (nSPS) is 11.5. The summed E-state index contributed by atoms with van der Waals surface area (Å²) in [5, 5.41) is 3.58. The van der Waals surface area contributed by atoms with E-state index in [0.29, 0.717) is 16.1 Å². The van der Waals surface area contributed by atoms with Crippen LogP contribution in [0.4, 0.5) is 4.39 Å². The lowest BCUT2D eigenvalue weighted by molar-refractivity contribution is -0.121. The summed E-state index contributed by atoms with van der Waals surface area (Å²) in [6.45, 7) is -0.581. The number of amides is 1. The SMILES string of the molecule is O=C(CN(Cc1c(Cl)cccc1Cl)S(=O)(=O)c1ccc(Cl)cc1)NCc1ccc(F)cc1. The summed E-state index contributed by atoms with van der Waals surface area (Å²) in [7, 11) is -4.09. The van der Waals surface area contributed by atoms with Gasteiger partial charge in [-0.2, -0.15) is 4.31 Å². The van der Waals surface area contributed by atoms with Crippen LogP contribution >= 0.6 is 34.8 Å². The van der Waals surface area contributed by atoms with Gasteiger partial charge in [-0.1, -0.05) is 53.0 Å². The molecule has 3 rings (SSSR count). The molecule has 1 amide bonds. The molecule has 0 bridgehead atoms. The second-order valence-electron chi connectivity index (χ2n) is 6.83. The first-order chi connectivity index (χ1) is 15.2. The van der Waals surface area contributed by atoms with Gasteiger partial charge in [0, 0.05) is 33.7 Å². The number of carbonyl (C=O) groups is 1. The van der Waals surface area contributed by atoms with E-state index in [2.05, 4.69) is 5.32 Å². The van der Waals surface area contributed by atoms with Crippen LogP contribution in [0.3, 0.4) is 0 Å². The van der Waals surface area contributed by atoms with Crippen molar-refractivity contribution in [2.75, 3.05) is 6.54 Å². The largest absolute Gasteiger partial charge is 0.351 e. The van der Waals surface area contributed by atoms with Crippen molar-refractivity contribution in [3.8, 4) is 0 Å². The van der Waals surface area contributed by atoms with E-state index in [1.54, 1.807) is 18.2 Å². The van der Waals surface area contributed by atoms with E-state index in [4.69, 9.17) is 34.8 Å². The van der Waals surface area contributed by atoms with Crippen LogP contribution in [0.15, 0.2) is 71.6 Å². The Labute approximate surface area is 200 Å². The van der Waals surface area contributed by atoms with Gasteiger partial charge in [-0.05, 0) is 54.1 Å². The second-order valence-corrected chi connectivity index (χ2v) is 10.0. The molecule has 5 nitrogen and oxygen atoms in total. The zero-order chi connectivity index (χ0) is 23.3. The van der Waals surface area contributed by atoms with Gasteiger partial charge in [0.05, 0.1) is 11.4 Å². The summed E-state index contributed by atoms with van der Waals surface area (Å²) in [5.41, 5.74) is 1.04. The zero-order valence-corrected chi connectivity index (χ0v) is 19.6. The quantitative estimate of drug-likeness (QED) is 0.443. The third kappa shape index (κ3) is 6.21. The lowest BCUT2D eigenvalue weighted by Crippen LogP contribution is -2.40. The van der Waals surface area contributed by atoms with Crippen LogP contribution in [0.1, 0.15) is 11.1 Å². The van der Waals surface area contributed by atoms with Crippen molar-refractivity contribution in [1.29, 1.82) is 0 Å². The van der Waals surface area contributed by atoms with Crippen molar-refractivity contribution in [2.24, 2.45) is 0 Å². The third-order valence-electron chi connectivity index (χ3n) is 4.57. The smallest absolute Gasteiger partial charge is 0.243 e. The van der Waals surface area contributed by atoms with Crippen molar-refractivity contribution in [1.82, 2.24) is 9.62 Å². The average Bonchev–Trinajstić information content (AvgIpc) is 2.75. The summed E-state index contributed by atoms with van der Waals surface area (Å²) < 4.78 is 40.6. The van der Waals surface area contributed by atoms with Gasteiger partial charge in [0.25, 0.3) is 0 Å². The Morgan fingerprint density at radius 1 is 0.906 bits per heavy atom. The van der Waals surface area contributed by atoms with Crippen molar-refractivity contribution >= 4 is 50.7 Å². The molecule has 0 unspecified atom stereocenters. The summed E-state index contributed by atoms with van der Waals surface area (Å²) in [5.74, 6) is -0.938. The van der Waals surface area contributed by atoms with Gasteiger partial charge in [0.1, 0.15) is 5.82 Å². The average molecular weight is 516 g/mol. The molecule has 0 spiro atoms. The molecule has 168 valence electrons.